The lowest BCUT2D eigenvalue weighted by Gasteiger charge is -2.04. The van der Waals surface area contributed by atoms with Crippen molar-refractivity contribution in [1.29, 1.82) is 0 Å². The molecule has 0 aliphatic heterocycles. The first-order chi connectivity index (χ1) is 12.1. The van der Waals surface area contributed by atoms with Gasteiger partial charge in [-0.3, -0.25) is 4.79 Å². The van der Waals surface area contributed by atoms with Crippen molar-refractivity contribution < 1.29 is 14.3 Å². The maximum atomic E-state index is 12.3. The predicted molar refractivity (Wildman–Crippen MR) is 98.9 cm³/mol. The Morgan fingerprint density at radius 1 is 1.00 bits per heavy atom. The third-order valence-electron chi connectivity index (χ3n) is 4.31. The molecule has 0 amide bonds. The fourth-order valence-electron chi connectivity index (χ4n) is 2.93. The molecule has 2 aromatic rings. The van der Waals surface area contributed by atoms with Crippen molar-refractivity contribution in [2.24, 2.45) is 0 Å². The average Bonchev–Trinajstić information content (AvgIpc) is 3.00. The summed E-state index contributed by atoms with van der Waals surface area (Å²) in [7, 11) is 0. The Bertz CT molecular complexity index is 706. The standard InChI is InChI=1S/C20H28N2O3/c1-3-4-5-6-7-8-9-12-15-25-20(24)19-17-13-10-11-14-18(17)22(21-19)16(2)23/h10-11,13-14H,3-9,12,15H2,1-2H3. The number of hydrogen-bond donors (Lipinski definition) is 0. The van der Waals surface area contributed by atoms with E-state index in [-0.39, 0.29) is 11.6 Å². The summed E-state index contributed by atoms with van der Waals surface area (Å²) in [6.45, 7) is 4.04. The Kier molecular flexibility index (Phi) is 7.64. The first kappa shape index (κ1) is 19.2. The number of carbonyl (C=O) groups excluding carboxylic acids is 2. The van der Waals surface area contributed by atoms with Crippen molar-refractivity contribution in [2.75, 3.05) is 6.61 Å². The van der Waals surface area contributed by atoms with Crippen LogP contribution in [-0.2, 0) is 4.74 Å². The Balaban J connectivity index is 1.80. The molecule has 5 nitrogen and oxygen atoms in total. The molecule has 0 fully saturated rings. The van der Waals surface area contributed by atoms with Crippen molar-refractivity contribution in [3.05, 3.63) is 30.0 Å². The van der Waals surface area contributed by atoms with Crippen LogP contribution in [0, 0.1) is 0 Å². The molecule has 5 heteroatoms. The highest BCUT2D eigenvalue weighted by atomic mass is 16.5. The minimum Gasteiger partial charge on any atom is -0.461 e. The summed E-state index contributed by atoms with van der Waals surface area (Å²) < 4.78 is 6.60. The zero-order chi connectivity index (χ0) is 18.1. The van der Waals surface area contributed by atoms with E-state index < -0.39 is 5.97 Å². The molecule has 0 atom stereocenters. The number of rotatable bonds is 10. The molecule has 0 unspecified atom stereocenters. The van der Waals surface area contributed by atoms with Gasteiger partial charge in [0, 0.05) is 12.3 Å². The number of aromatic nitrogens is 2. The van der Waals surface area contributed by atoms with Gasteiger partial charge in [0.1, 0.15) is 0 Å². The lowest BCUT2D eigenvalue weighted by molar-refractivity contribution is 0.0492. The number of fused-ring (bicyclic) bond motifs is 1. The highest BCUT2D eigenvalue weighted by molar-refractivity contribution is 6.04. The van der Waals surface area contributed by atoms with Crippen molar-refractivity contribution in [1.82, 2.24) is 9.78 Å². The van der Waals surface area contributed by atoms with Gasteiger partial charge in [-0.05, 0) is 12.5 Å². The molecular weight excluding hydrogens is 316 g/mol. The van der Waals surface area contributed by atoms with E-state index in [1.807, 2.05) is 12.1 Å². The van der Waals surface area contributed by atoms with Crippen LogP contribution in [0.1, 0.15) is 80.5 Å². The second-order valence-corrected chi connectivity index (χ2v) is 6.41. The zero-order valence-corrected chi connectivity index (χ0v) is 15.3. The largest absolute Gasteiger partial charge is 0.461 e. The quantitative estimate of drug-likeness (QED) is 0.450. The molecule has 0 aliphatic carbocycles. The molecule has 0 aliphatic rings. The van der Waals surface area contributed by atoms with Gasteiger partial charge in [-0.25, -0.2) is 4.79 Å². The van der Waals surface area contributed by atoms with E-state index in [0.29, 0.717) is 17.5 Å². The third-order valence-corrected chi connectivity index (χ3v) is 4.31. The van der Waals surface area contributed by atoms with Gasteiger partial charge in [0.15, 0.2) is 5.69 Å². The van der Waals surface area contributed by atoms with E-state index in [2.05, 4.69) is 12.0 Å². The number of carbonyl (C=O) groups is 2. The summed E-state index contributed by atoms with van der Waals surface area (Å²) in [5, 5.41) is 4.79. The summed E-state index contributed by atoms with van der Waals surface area (Å²) >= 11 is 0. The fourth-order valence-corrected chi connectivity index (χ4v) is 2.93. The smallest absolute Gasteiger partial charge is 0.359 e. The van der Waals surface area contributed by atoms with Crippen LogP contribution in [0.5, 0.6) is 0 Å². The topological polar surface area (TPSA) is 61.2 Å². The molecule has 0 spiro atoms. The predicted octanol–water partition coefficient (Wildman–Crippen LogP) is 4.99. The van der Waals surface area contributed by atoms with Crippen molar-refractivity contribution in [3.8, 4) is 0 Å². The van der Waals surface area contributed by atoms with Gasteiger partial charge >= 0.3 is 5.97 Å². The van der Waals surface area contributed by atoms with E-state index in [1.54, 1.807) is 12.1 Å². The molecule has 2 rings (SSSR count). The van der Waals surface area contributed by atoms with Crippen LogP contribution >= 0.6 is 0 Å². The Morgan fingerprint density at radius 2 is 1.64 bits per heavy atom. The number of esters is 1. The molecular formula is C20H28N2O3. The van der Waals surface area contributed by atoms with Gasteiger partial charge < -0.3 is 4.74 Å². The van der Waals surface area contributed by atoms with E-state index in [0.717, 1.165) is 12.8 Å². The molecule has 0 radical (unpaired) electrons. The van der Waals surface area contributed by atoms with E-state index in [1.165, 1.54) is 50.1 Å². The second-order valence-electron chi connectivity index (χ2n) is 6.41. The summed E-state index contributed by atoms with van der Waals surface area (Å²) in [4.78, 5) is 24.0. The van der Waals surface area contributed by atoms with Crippen LogP contribution in [0.4, 0.5) is 0 Å². The average molecular weight is 344 g/mol. The van der Waals surface area contributed by atoms with Gasteiger partial charge in [0.25, 0.3) is 0 Å². The van der Waals surface area contributed by atoms with Crippen molar-refractivity contribution in [3.63, 3.8) is 0 Å². The van der Waals surface area contributed by atoms with Gasteiger partial charge in [0.05, 0.1) is 12.1 Å². The Hall–Kier alpha value is -2.17. The molecule has 136 valence electrons. The summed E-state index contributed by atoms with van der Waals surface area (Å²) in [5.74, 6) is -0.683. The molecule has 1 aromatic carbocycles. The maximum absolute atomic E-state index is 12.3. The molecule has 0 N–H and O–H groups in total. The van der Waals surface area contributed by atoms with Gasteiger partial charge in [0.2, 0.25) is 5.91 Å². The first-order valence-corrected chi connectivity index (χ1v) is 9.31. The monoisotopic (exact) mass is 344 g/mol. The third kappa shape index (κ3) is 5.41. The normalized spacial score (nSPS) is 11.0. The lowest BCUT2D eigenvalue weighted by Crippen LogP contribution is -2.11. The molecule has 0 bridgehead atoms. The lowest BCUT2D eigenvalue weighted by atomic mass is 10.1. The van der Waals surface area contributed by atoms with Gasteiger partial charge in [-0.15, -0.1) is 0 Å². The minimum atomic E-state index is -0.459. The summed E-state index contributed by atoms with van der Waals surface area (Å²) in [5.41, 5.74) is 0.847. The van der Waals surface area contributed by atoms with Crippen molar-refractivity contribution >= 4 is 22.8 Å². The fraction of sp³-hybridized carbons (Fsp3) is 0.550. The van der Waals surface area contributed by atoms with Crippen LogP contribution < -0.4 is 0 Å². The highest BCUT2D eigenvalue weighted by Crippen LogP contribution is 2.19. The zero-order valence-electron chi connectivity index (χ0n) is 15.3. The molecule has 1 heterocycles. The SMILES string of the molecule is CCCCCCCCCCOC(=O)c1nn(C(C)=O)c2ccccc12. The van der Waals surface area contributed by atoms with Crippen molar-refractivity contribution in [2.45, 2.75) is 65.2 Å². The Labute approximate surface area is 149 Å². The van der Waals surface area contributed by atoms with Crippen LogP contribution in [0.3, 0.4) is 0 Å². The maximum Gasteiger partial charge on any atom is 0.359 e. The number of benzene rings is 1. The van der Waals surface area contributed by atoms with E-state index in [9.17, 15) is 9.59 Å². The van der Waals surface area contributed by atoms with Crippen LogP contribution in [-0.4, -0.2) is 28.3 Å². The first-order valence-electron chi connectivity index (χ1n) is 9.31. The highest BCUT2D eigenvalue weighted by Gasteiger charge is 2.19. The number of hydrogen-bond acceptors (Lipinski definition) is 4. The Morgan fingerprint density at radius 3 is 2.32 bits per heavy atom. The number of unbranched alkanes of at least 4 members (excludes halogenated alkanes) is 7. The van der Waals surface area contributed by atoms with Gasteiger partial charge in [-0.1, -0.05) is 70.1 Å². The van der Waals surface area contributed by atoms with E-state index >= 15 is 0 Å². The number of para-hydroxylation sites is 1. The molecule has 0 saturated heterocycles. The number of ether oxygens (including phenoxy) is 1. The van der Waals surface area contributed by atoms with Crippen LogP contribution in [0.15, 0.2) is 24.3 Å². The molecule has 1 aromatic heterocycles. The van der Waals surface area contributed by atoms with Gasteiger partial charge in [-0.2, -0.15) is 9.78 Å². The van der Waals surface area contributed by atoms with Crippen LogP contribution in [0.2, 0.25) is 0 Å². The second kappa shape index (κ2) is 9.97. The van der Waals surface area contributed by atoms with Crippen LogP contribution in [0.25, 0.3) is 10.9 Å². The molecule has 25 heavy (non-hydrogen) atoms. The summed E-state index contributed by atoms with van der Waals surface area (Å²) in [6.07, 6.45) is 9.57. The summed E-state index contributed by atoms with van der Waals surface area (Å²) in [6, 6.07) is 7.20. The molecule has 0 saturated carbocycles. The number of nitrogens with zero attached hydrogens (tertiary/aromatic N) is 2. The van der Waals surface area contributed by atoms with E-state index in [4.69, 9.17) is 4.74 Å². The minimum absolute atomic E-state index is 0.213.